The lowest BCUT2D eigenvalue weighted by atomic mass is 10.1. The molecule has 0 spiro atoms. The standard InChI is InChI=1S/C13H13ClF2N2S/c14-7-12-17-13-10(16)5-8(15)6-11(13)18(12)9-1-3-19-4-2-9/h5-6,9H,1-4,7H2. The van der Waals surface area contributed by atoms with Crippen LogP contribution in [0.5, 0.6) is 0 Å². The monoisotopic (exact) mass is 302 g/mol. The van der Waals surface area contributed by atoms with Crippen molar-refractivity contribution in [2.24, 2.45) is 0 Å². The molecule has 19 heavy (non-hydrogen) atoms. The van der Waals surface area contributed by atoms with E-state index in [9.17, 15) is 8.78 Å². The van der Waals surface area contributed by atoms with E-state index < -0.39 is 11.6 Å². The fourth-order valence-corrected chi connectivity index (χ4v) is 3.88. The van der Waals surface area contributed by atoms with E-state index in [-0.39, 0.29) is 17.4 Å². The van der Waals surface area contributed by atoms with Gasteiger partial charge in [-0.3, -0.25) is 0 Å². The largest absolute Gasteiger partial charge is 0.324 e. The lowest BCUT2D eigenvalue weighted by Gasteiger charge is -2.25. The number of thioether (sulfide) groups is 1. The van der Waals surface area contributed by atoms with Crippen molar-refractivity contribution in [2.45, 2.75) is 24.8 Å². The SMILES string of the molecule is Fc1cc(F)c2nc(CCl)n(C3CCSCC3)c2c1. The highest BCUT2D eigenvalue weighted by Gasteiger charge is 2.23. The lowest BCUT2D eigenvalue weighted by Crippen LogP contribution is -2.17. The number of hydrogen-bond donors (Lipinski definition) is 0. The number of benzene rings is 1. The van der Waals surface area contributed by atoms with Gasteiger partial charge in [0.2, 0.25) is 0 Å². The fraction of sp³-hybridized carbons (Fsp3) is 0.462. The summed E-state index contributed by atoms with van der Waals surface area (Å²) in [6.45, 7) is 0. The molecule has 1 aromatic carbocycles. The first kappa shape index (κ1) is 13.2. The number of nitrogens with zero attached hydrogens (tertiary/aromatic N) is 2. The zero-order chi connectivity index (χ0) is 13.4. The Kier molecular flexibility index (Phi) is 3.67. The minimum atomic E-state index is -0.620. The van der Waals surface area contributed by atoms with Crippen molar-refractivity contribution in [3.05, 3.63) is 29.6 Å². The van der Waals surface area contributed by atoms with Crippen LogP contribution in [0.4, 0.5) is 8.78 Å². The summed E-state index contributed by atoms with van der Waals surface area (Å²) in [6.07, 6.45) is 1.97. The Morgan fingerprint density at radius 3 is 2.74 bits per heavy atom. The average molecular weight is 303 g/mol. The average Bonchev–Trinajstić information content (AvgIpc) is 2.78. The number of rotatable bonds is 2. The van der Waals surface area contributed by atoms with E-state index in [1.165, 1.54) is 6.07 Å². The van der Waals surface area contributed by atoms with Crippen molar-refractivity contribution in [3.8, 4) is 0 Å². The zero-order valence-electron chi connectivity index (χ0n) is 10.2. The van der Waals surface area contributed by atoms with Gasteiger partial charge in [0.25, 0.3) is 0 Å². The van der Waals surface area contributed by atoms with Gasteiger partial charge in [0.1, 0.15) is 17.2 Å². The van der Waals surface area contributed by atoms with Gasteiger partial charge in [-0.2, -0.15) is 11.8 Å². The summed E-state index contributed by atoms with van der Waals surface area (Å²) in [4.78, 5) is 4.23. The molecule has 0 N–H and O–H groups in total. The highest BCUT2D eigenvalue weighted by atomic mass is 35.5. The van der Waals surface area contributed by atoms with Crippen molar-refractivity contribution in [3.63, 3.8) is 0 Å². The van der Waals surface area contributed by atoms with Crippen LogP contribution in [0, 0.1) is 11.6 Å². The Labute approximate surface area is 119 Å². The number of fused-ring (bicyclic) bond motifs is 1. The van der Waals surface area contributed by atoms with Crippen molar-refractivity contribution in [1.82, 2.24) is 9.55 Å². The quantitative estimate of drug-likeness (QED) is 0.777. The van der Waals surface area contributed by atoms with Crippen molar-refractivity contribution in [1.29, 1.82) is 0 Å². The molecule has 0 bridgehead atoms. The van der Waals surface area contributed by atoms with Crippen molar-refractivity contribution in [2.75, 3.05) is 11.5 Å². The Hall–Kier alpha value is -0.810. The first-order valence-electron chi connectivity index (χ1n) is 6.20. The van der Waals surface area contributed by atoms with Gasteiger partial charge in [-0.25, -0.2) is 13.8 Å². The Bertz CT molecular complexity index is 608. The van der Waals surface area contributed by atoms with Crippen LogP contribution >= 0.6 is 23.4 Å². The number of halogens is 3. The van der Waals surface area contributed by atoms with Gasteiger partial charge < -0.3 is 4.57 Å². The van der Waals surface area contributed by atoms with E-state index in [2.05, 4.69) is 4.98 Å². The zero-order valence-corrected chi connectivity index (χ0v) is 11.8. The van der Waals surface area contributed by atoms with Crippen molar-refractivity contribution >= 4 is 34.4 Å². The van der Waals surface area contributed by atoms with E-state index in [1.54, 1.807) is 0 Å². The van der Waals surface area contributed by atoms with Crippen LogP contribution in [-0.2, 0) is 5.88 Å². The molecule has 0 saturated carbocycles. The van der Waals surface area contributed by atoms with Gasteiger partial charge in [-0.15, -0.1) is 11.6 Å². The van der Waals surface area contributed by atoms with Gasteiger partial charge in [-0.05, 0) is 30.4 Å². The third-order valence-corrected chi connectivity index (χ3v) is 4.75. The van der Waals surface area contributed by atoms with Crippen LogP contribution in [0.25, 0.3) is 11.0 Å². The maximum absolute atomic E-state index is 13.8. The van der Waals surface area contributed by atoms with Gasteiger partial charge in [-0.1, -0.05) is 0 Å². The molecule has 2 nitrogen and oxygen atoms in total. The molecule has 3 rings (SSSR count). The van der Waals surface area contributed by atoms with E-state index in [1.807, 2.05) is 16.3 Å². The van der Waals surface area contributed by atoms with Crippen LogP contribution in [0.2, 0.25) is 0 Å². The van der Waals surface area contributed by atoms with Gasteiger partial charge in [0.15, 0.2) is 5.82 Å². The number of aromatic nitrogens is 2. The summed E-state index contributed by atoms with van der Waals surface area (Å²) in [5.74, 6) is 1.76. The molecule has 102 valence electrons. The highest BCUT2D eigenvalue weighted by Crippen LogP contribution is 2.33. The predicted molar refractivity (Wildman–Crippen MR) is 74.8 cm³/mol. The van der Waals surface area contributed by atoms with E-state index in [4.69, 9.17) is 11.6 Å². The maximum atomic E-state index is 13.8. The summed E-state index contributed by atoms with van der Waals surface area (Å²) < 4.78 is 29.1. The Morgan fingerprint density at radius 1 is 1.32 bits per heavy atom. The molecule has 1 fully saturated rings. The lowest BCUT2D eigenvalue weighted by molar-refractivity contribution is 0.469. The van der Waals surface area contributed by atoms with Gasteiger partial charge in [0.05, 0.1) is 11.4 Å². The third kappa shape index (κ3) is 2.34. The molecule has 0 aliphatic carbocycles. The summed E-state index contributed by atoms with van der Waals surface area (Å²) in [7, 11) is 0. The van der Waals surface area contributed by atoms with Crippen molar-refractivity contribution < 1.29 is 8.78 Å². The molecule has 0 amide bonds. The van der Waals surface area contributed by atoms with Crippen LogP contribution in [0.1, 0.15) is 24.7 Å². The topological polar surface area (TPSA) is 17.8 Å². The smallest absolute Gasteiger partial charge is 0.153 e. The fourth-order valence-electron chi connectivity index (χ4n) is 2.61. The molecule has 1 saturated heterocycles. The molecule has 0 unspecified atom stereocenters. The summed E-state index contributed by atoms with van der Waals surface area (Å²) in [6, 6.07) is 2.46. The molecule has 1 aliphatic rings. The molecule has 1 aliphatic heterocycles. The van der Waals surface area contributed by atoms with Gasteiger partial charge >= 0.3 is 0 Å². The highest BCUT2D eigenvalue weighted by molar-refractivity contribution is 7.99. The first-order chi connectivity index (χ1) is 9.20. The number of hydrogen-bond acceptors (Lipinski definition) is 2. The summed E-state index contributed by atoms with van der Waals surface area (Å²) >= 11 is 7.82. The summed E-state index contributed by atoms with van der Waals surface area (Å²) in [5.41, 5.74) is 0.736. The predicted octanol–water partition coefficient (Wildman–Crippen LogP) is 4.12. The van der Waals surface area contributed by atoms with E-state index >= 15 is 0 Å². The molecular formula is C13H13ClF2N2S. The Morgan fingerprint density at radius 2 is 2.05 bits per heavy atom. The second-order valence-corrected chi connectivity index (χ2v) is 6.12. The van der Waals surface area contributed by atoms with Crippen LogP contribution in [-0.4, -0.2) is 21.1 Å². The van der Waals surface area contributed by atoms with Crippen LogP contribution in [0.15, 0.2) is 12.1 Å². The van der Waals surface area contributed by atoms with Crippen LogP contribution in [0.3, 0.4) is 0 Å². The second-order valence-electron chi connectivity index (χ2n) is 4.63. The molecule has 1 aromatic heterocycles. The molecular weight excluding hydrogens is 290 g/mol. The van der Waals surface area contributed by atoms with Crippen LogP contribution < -0.4 is 0 Å². The molecule has 0 atom stereocenters. The molecule has 0 radical (unpaired) electrons. The first-order valence-corrected chi connectivity index (χ1v) is 7.89. The van der Waals surface area contributed by atoms with E-state index in [0.29, 0.717) is 11.3 Å². The maximum Gasteiger partial charge on any atom is 0.153 e. The third-order valence-electron chi connectivity index (χ3n) is 3.46. The number of alkyl halides is 1. The molecule has 2 heterocycles. The Balaban J connectivity index is 2.19. The number of imidazole rings is 1. The second kappa shape index (κ2) is 5.29. The summed E-state index contributed by atoms with van der Waals surface area (Å²) in [5, 5.41) is 0. The normalized spacial score (nSPS) is 17.2. The van der Waals surface area contributed by atoms with E-state index in [0.717, 1.165) is 30.4 Å². The minimum absolute atomic E-state index is 0.208. The molecule has 2 aromatic rings. The van der Waals surface area contributed by atoms with Gasteiger partial charge in [0, 0.05) is 12.1 Å². The molecule has 6 heteroatoms. The minimum Gasteiger partial charge on any atom is -0.324 e.